The fraction of sp³-hybridized carbons (Fsp3) is 0.526. The third kappa shape index (κ3) is 3.45. The zero-order chi connectivity index (χ0) is 18.1. The monoisotopic (exact) mass is 372 g/mol. The molecule has 4 rings (SSSR count). The molecule has 2 fully saturated rings. The maximum atomic E-state index is 12.1. The van der Waals surface area contributed by atoms with Gasteiger partial charge in [0.25, 0.3) is 0 Å². The summed E-state index contributed by atoms with van der Waals surface area (Å²) in [6, 6.07) is 8.36. The Morgan fingerprint density at radius 1 is 1.12 bits per heavy atom. The predicted molar refractivity (Wildman–Crippen MR) is 102 cm³/mol. The summed E-state index contributed by atoms with van der Waals surface area (Å²) in [5, 5.41) is 9.47. The van der Waals surface area contributed by atoms with Crippen LogP contribution in [-0.2, 0) is 9.53 Å². The first-order valence-electron chi connectivity index (χ1n) is 9.26. The molecule has 1 aromatic heterocycles. The number of benzene rings is 1. The lowest BCUT2D eigenvalue weighted by molar-refractivity contribution is -0.140. The van der Waals surface area contributed by atoms with Gasteiger partial charge in [-0.05, 0) is 45.2 Å². The van der Waals surface area contributed by atoms with Crippen LogP contribution in [0.15, 0.2) is 29.4 Å². The number of carbonyl (C=O) groups excluding carboxylic acids is 1. The van der Waals surface area contributed by atoms with Gasteiger partial charge in [-0.25, -0.2) is 0 Å². The van der Waals surface area contributed by atoms with Gasteiger partial charge in [0.2, 0.25) is 5.95 Å². The largest absolute Gasteiger partial charge is 0.462 e. The van der Waals surface area contributed by atoms with E-state index in [0.717, 1.165) is 29.9 Å². The Labute approximate surface area is 157 Å². The summed E-state index contributed by atoms with van der Waals surface area (Å²) >= 11 is 1.46. The molecule has 26 heavy (non-hydrogen) atoms. The number of esters is 1. The molecule has 2 saturated heterocycles. The van der Waals surface area contributed by atoms with E-state index >= 15 is 0 Å². The van der Waals surface area contributed by atoms with Crippen LogP contribution in [0.1, 0.15) is 38.2 Å². The predicted octanol–water partition coefficient (Wildman–Crippen LogP) is 3.36. The SMILES string of the molecule is Cc1ccc(-n2c(SC3CC(C)OC3=O)nnc2N2CCCCC2)cc1. The first-order valence-corrected chi connectivity index (χ1v) is 10.1. The first kappa shape index (κ1) is 17.4. The Morgan fingerprint density at radius 2 is 1.85 bits per heavy atom. The highest BCUT2D eigenvalue weighted by molar-refractivity contribution is 8.00. The van der Waals surface area contributed by atoms with Crippen LogP contribution in [0.2, 0.25) is 0 Å². The van der Waals surface area contributed by atoms with Gasteiger partial charge in [0.05, 0.1) is 5.69 Å². The standard InChI is InChI=1S/C19H24N4O2S/c1-13-6-8-15(9-7-13)23-18(22-10-4-3-5-11-22)20-21-19(23)26-16-12-14(2)25-17(16)24/h6-9,14,16H,3-5,10-12H2,1-2H3. The van der Waals surface area contributed by atoms with Crippen LogP contribution in [-0.4, -0.2) is 45.2 Å². The molecule has 1 aromatic carbocycles. The van der Waals surface area contributed by atoms with Crippen molar-refractivity contribution in [3.8, 4) is 5.69 Å². The van der Waals surface area contributed by atoms with Crippen molar-refractivity contribution < 1.29 is 9.53 Å². The van der Waals surface area contributed by atoms with Gasteiger partial charge >= 0.3 is 5.97 Å². The summed E-state index contributed by atoms with van der Waals surface area (Å²) in [5.74, 6) is 0.718. The third-order valence-electron chi connectivity index (χ3n) is 4.92. The minimum Gasteiger partial charge on any atom is -0.462 e. The third-order valence-corrected chi connectivity index (χ3v) is 6.07. The number of cyclic esters (lactones) is 1. The summed E-state index contributed by atoms with van der Waals surface area (Å²) in [6.07, 6.45) is 4.30. The lowest BCUT2D eigenvalue weighted by Crippen LogP contribution is -2.31. The van der Waals surface area contributed by atoms with Gasteiger partial charge in [-0.15, -0.1) is 10.2 Å². The van der Waals surface area contributed by atoms with E-state index in [1.807, 2.05) is 6.92 Å². The second-order valence-electron chi connectivity index (χ2n) is 7.09. The average Bonchev–Trinajstić information content (AvgIpc) is 3.20. The number of aromatic nitrogens is 3. The van der Waals surface area contributed by atoms with Crippen molar-refractivity contribution in [1.29, 1.82) is 0 Å². The van der Waals surface area contributed by atoms with E-state index in [4.69, 9.17) is 4.74 Å². The van der Waals surface area contributed by atoms with Crippen molar-refractivity contribution in [2.75, 3.05) is 18.0 Å². The summed E-state index contributed by atoms with van der Waals surface area (Å²) in [5.41, 5.74) is 2.24. The number of hydrogen-bond donors (Lipinski definition) is 0. The molecule has 0 bridgehead atoms. The molecule has 0 radical (unpaired) electrons. The fourth-order valence-corrected chi connectivity index (χ4v) is 4.65. The molecule has 7 heteroatoms. The van der Waals surface area contributed by atoms with Crippen LogP contribution < -0.4 is 4.90 Å². The van der Waals surface area contributed by atoms with E-state index in [1.54, 1.807) is 0 Å². The number of carbonyl (C=O) groups is 1. The molecule has 0 spiro atoms. The van der Waals surface area contributed by atoms with Gasteiger partial charge in [0.1, 0.15) is 11.4 Å². The number of piperidine rings is 1. The van der Waals surface area contributed by atoms with Crippen LogP contribution in [0.5, 0.6) is 0 Å². The summed E-state index contributed by atoms with van der Waals surface area (Å²) in [6.45, 7) is 6.00. The van der Waals surface area contributed by atoms with E-state index in [-0.39, 0.29) is 17.3 Å². The van der Waals surface area contributed by atoms with Crippen LogP contribution in [0.4, 0.5) is 5.95 Å². The fourth-order valence-electron chi connectivity index (χ4n) is 3.50. The zero-order valence-electron chi connectivity index (χ0n) is 15.2. The number of hydrogen-bond acceptors (Lipinski definition) is 6. The number of aryl methyl sites for hydroxylation is 1. The molecule has 2 aliphatic rings. The van der Waals surface area contributed by atoms with Crippen molar-refractivity contribution in [3.05, 3.63) is 29.8 Å². The molecule has 0 N–H and O–H groups in total. The van der Waals surface area contributed by atoms with Crippen LogP contribution in [0, 0.1) is 6.92 Å². The van der Waals surface area contributed by atoms with Crippen molar-refractivity contribution >= 4 is 23.7 Å². The highest BCUT2D eigenvalue weighted by Crippen LogP contribution is 2.35. The maximum Gasteiger partial charge on any atom is 0.319 e. The van der Waals surface area contributed by atoms with E-state index in [1.165, 1.54) is 36.6 Å². The number of nitrogens with zero attached hydrogens (tertiary/aromatic N) is 4. The first-order chi connectivity index (χ1) is 12.6. The van der Waals surface area contributed by atoms with E-state index in [0.29, 0.717) is 6.42 Å². The Bertz CT molecular complexity index is 783. The topological polar surface area (TPSA) is 60.3 Å². The van der Waals surface area contributed by atoms with E-state index in [2.05, 4.69) is 50.9 Å². The van der Waals surface area contributed by atoms with Gasteiger partial charge in [-0.1, -0.05) is 29.5 Å². The molecule has 3 heterocycles. The van der Waals surface area contributed by atoms with E-state index < -0.39 is 0 Å². The van der Waals surface area contributed by atoms with Gasteiger partial charge in [0, 0.05) is 19.5 Å². The molecular weight excluding hydrogens is 348 g/mol. The lowest BCUT2D eigenvalue weighted by atomic mass is 10.1. The van der Waals surface area contributed by atoms with Crippen molar-refractivity contribution in [2.24, 2.45) is 0 Å². The Morgan fingerprint density at radius 3 is 2.50 bits per heavy atom. The maximum absolute atomic E-state index is 12.1. The molecule has 6 nitrogen and oxygen atoms in total. The normalized spacial score (nSPS) is 23.3. The van der Waals surface area contributed by atoms with Gasteiger partial charge in [-0.2, -0.15) is 0 Å². The summed E-state index contributed by atoms with van der Waals surface area (Å²) in [7, 11) is 0. The lowest BCUT2D eigenvalue weighted by Gasteiger charge is -2.28. The molecule has 2 aromatic rings. The van der Waals surface area contributed by atoms with Gasteiger partial charge in [-0.3, -0.25) is 9.36 Å². The molecule has 0 amide bonds. The highest BCUT2D eigenvalue weighted by atomic mass is 32.2. The Kier molecular flexibility index (Phi) is 4.89. The van der Waals surface area contributed by atoms with Gasteiger partial charge in [0.15, 0.2) is 5.16 Å². The smallest absolute Gasteiger partial charge is 0.319 e. The highest BCUT2D eigenvalue weighted by Gasteiger charge is 2.35. The van der Waals surface area contributed by atoms with Crippen LogP contribution in [0.3, 0.4) is 0 Å². The van der Waals surface area contributed by atoms with Crippen molar-refractivity contribution in [2.45, 2.75) is 56.0 Å². The van der Waals surface area contributed by atoms with Gasteiger partial charge < -0.3 is 9.64 Å². The Hall–Kier alpha value is -2.02. The van der Waals surface area contributed by atoms with Crippen LogP contribution >= 0.6 is 11.8 Å². The molecular formula is C19H24N4O2S. The second kappa shape index (κ2) is 7.31. The van der Waals surface area contributed by atoms with Crippen molar-refractivity contribution in [1.82, 2.24) is 14.8 Å². The average molecular weight is 372 g/mol. The quantitative estimate of drug-likeness (QED) is 0.767. The van der Waals surface area contributed by atoms with Crippen molar-refractivity contribution in [3.63, 3.8) is 0 Å². The number of rotatable bonds is 4. The molecule has 0 saturated carbocycles. The number of thioether (sulfide) groups is 1. The summed E-state index contributed by atoms with van der Waals surface area (Å²) < 4.78 is 7.39. The molecule has 2 unspecified atom stereocenters. The molecule has 138 valence electrons. The Balaban J connectivity index is 1.70. The molecule has 2 aliphatic heterocycles. The molecule has 0 aliphatic carbocycles. The van der Waals surface area contributed by atoms with Crippen LogP contribution in [0.25, 0.3) is 5.69 Å². The minimum absolute atomic E-state index is 0.0303. The summed E-state index contributed by atoms with van der Waals surface area (Å²) in [4.78, 5) is 14.4. The number of ether oxygens (including phenoxy) is 1. The second-order valence-corrected chi connectivity index (χ2v) is 8.26. The van der Waals surface area contributed by atoms with E-state index in [9.17, 15) is 4.79 Å². The molecule has 2 atom stereocenters. The number of anilines is 1. The zero-order valence-corrected chi connectivity index (χ0v) is 16.0. The minimum atomic E-state index is -0.215.